The first kappa shape index (κ1) is 20.9. The van der Waals surface area contributed by atoms with Crippen LogP contribution in [0.2, 0.25) is 5.02 Å². The summed E-state index contributed by atoms with van der Waals surface area (Å²) < 4.78 is 0. The Labute approximate surface area is 182 Å². The Balaban J connectivity index is 1.45. The van der Waals surface area contributed by atoms with Crippen LogP contribution in [0.15, 0.2) is 36.7 Å². The van der Waals surface area contributed by atoms with Gasteiger partial charge in [0.25, 0.3) is 5.91 Å². The topological polar surface area (TPSA) is 72.8 Å². The molecule has 2 aliphatic heterocycles. The van der Waals surface area contributed by atoms with Crippen molar-refractivity contribution in [3.8, 4) is 0 Å². The van der Waals surface area contributed by atoms with E-state index in [1.54, 1.807) is 18.5 Å². The Kier molecular flexibility index (Phi) is 6.69. The molecular weight excluding hydrogens is 402 g/mol. The number of halogens is 1. The van der Waals surface area contributed by atoms with Crippen molar-refractivity contribution in [2.75, 3.05) is 49.1 Å². The van der Waals surface area contributed by atoms with Crippen LogP contribution in [0.4, 0.5) is 11.6 Å². The first-order valence-corrected chi connectivity index (χ1v) is 11.0. The molecule has 1 amide bonds. The predicted octanol–water partition coefficient (Wildman–Crippen LogP) is 2.83. The molecule has 2 aromatic rings. The van der Waals surface area contributed by atoms with Crippen LogP contribution in [0.25, 0.3) is 0 Å². The van der Waals surface area contributed by atoms with E-state index in [2.05, 4.69) is 19.8 Å². The fraction of sp³-hybridized carbons (Fsp3) is 0.500. The van der Waals surface area contributed by atoms with Crippen LogP contribution >= 0.6 is 11.6 Å². The van der Waals surface area contributed by atoms with Crippen molar-refractivity contribution < 1.29 is 9.90 Å². The molecule has 160 valence electrons. The van der Waals surface area contributed by atoms with E-state index in [1.165, 1.54) is 0 Å². The van der Waals surface area contributed by atoms with Crippen molar-refractivity contribution in [2.45, 2.75) is 31.7 Å². The Hall–Kier alpha value is -2.38. The van der Waals surface area contributed by atoms with Crippen LogP contribution in [-0.4, -0.2) is 71.3 Å². The van der Waals surface area contributed by atoms with Gasteiger partial charge in [-0.3, -0.25) is 4.79 Å². The zero-order chi connectivity index (χ0) is 20.9. The number of rotatable bonds is 4. The average Bonchev–Trinajstić information content (AvgIpc) is 3.05. The van der Waals surface area contributed by atoms with Crippen LogP contribution < -0.4 is 9.80 Å². The number of piperidine rings is 1. The van der Waals surface area contributed by atoms with E-state index in [9.17, 15) is 9.90 Å². The highest BCUT2D eigenvalue weighted by atomic mass is 35.5. The van der Waals surface area contributed by atoms with Crippen LogP contribution in [0, 0.1) is 0 Å². The molecule has 1 atom stereocenters. The van der Waals surface area contributed by atoms with Gasteiger partial charge in [0, 0.05) is 49.4 Å². The Morgan fingerprint density at radius 3 is 2.73 bits per heavy atom. The normalized spacial score (nSPS) is 20.2. The van der Waals surface area contributed by atoms with Gasteiger partial charge in [-0.2, -0.15) is 0 Å². The Morgan fingerprint density at radius 1 is 1.03 bits per heavy atom. The van der Waals surface area contributed by atoms with Crippen molar-refractivity contribution in [1.82, 2.24) is 14.9 Å². The quantitative estimate of drug-likeness (QED) is 0.805. The van der Waals surface area contributed by atoms with Gasteiger partial charge in [-0.1, -0.05) is 17.7 Å². The summed E-state index contributed by atoms with van der Waals surface area (Å²) in [6.45, 7) is 3.94. The maximum atomic E-state index is 12.9. The van der Waals surface area contributed by atoms with Crippen LogP contribution in [0.1, 0.15) is 36.0 Å². The van der Waals surface area contributed by atoms with Gasteiger partial charge < -0.3 is 19.8 Å². The van der Waals surface area contributed by atoms with Gasteiger partial charge in [0.1, 0.15) is 18.0 Å². The van der Waals surface area contributed by atoms with Crippen molar-refractivity contribution in [1.29, 1.82) is 0 Å². The van der Waals surface area contributed by atoms with Gasteiger partial charge in [-0.25, -0.2) is 9.97 Å². The SMILES string of the molecule is O=C(c1cccc(Cl)c1)N1CCCN(c2cc(N3CCCCC3CO)ncn2)CC1. The van der Waals surface area contributed by atoms with E-state index in [1.807, 2.05) is 23.1 Å². The molecule has 2 aliphatic rings. The maximum absolute atomic E-state index is 12.9. The minimum atomic E-state index is 0.0156. The van der Waals surface area contributed by atoms with Gasteiger partial charge >= 0.3 is 0 Å². The third-order valence-corrected chi connectivity index (χ3v) is 6.18. The molecule has 0 bridgehead atoms. The largest absolute Gasteiger partial charge is 0.394 e. The molecular formula is C22H28ClN5O2. The summed E-state index contributed by atoms with van der Waals surface area (Å²) in [6.07, 6.45) is 5.71. The summed E-state index contributed by atoms with van der Waals surface area (Å²) in [5.74, 6) is 1.76. The maximum Gasteiger partial charge on any atom is 0.253 e. The number of hydrogen-bond acceptors (Lipinski definition) is 6. The number of amides is 1. The molecule has 2 saturated heterocycles. The van der Waals surface area contributed by atoms with Gasteiger partial charge in [0.15, 0.2) is 0 Å². The molecule has 0 saturated carbocycles. The summed E-state index contributed by atoms with van der Waals surface area (Å²) in [5, 5.41) is 10.3. The second-order valence-electron chi connectivity index (χ2n) is 7.90. The second-order valence-corrected chi connectivity index (χ2v) is 8.34. The molecule has 1 unspecified atom stereocenters. The number of carbonyl (C=O) groups excluding carboxylic acids is 1. The minimum absolute atomic E-state index is 0.0156. The zero-order valence-corrected chi connectivity index (χ0v) is 17.8. The smallest absolute Gasteiger partial charge is 0.253 e. The van der Waals surface area contributed by atoms with Crippen LogP contribution in [0.5, 0.6) is 0 Å². The van der Waals surface area contributed by atoms with E-state index in [-0.39, 0.29) is 18.6 Å². The van der Waals surface area contributed by atoms with E-state index in [0.29, 0.717) is 30.2 Å². The highest BCUT2D eigenvalue weighted by Crippen LogP contribution is 2.26. The van der Waals surface area contributed by atoms with Crippen molar-refractivity contribution in [2.24, 2.45) is 0 Å². The number of benzene rings is 1. The number of carbonyl (C=O) groups is 1. The number of aliphatic hydroxyl groups is 1. The predicted molar refractivity (Wildman–Crippen MR) is 118 cm³/mol. The molecule has 3 heterocycles. The molecule has 1 N–H and O–H groups in total. The molecule has 0 spiro atoms. The van der Waals surface area contributed by atoms with Crippen LogP contribution in [-0.2, 0) is 0 Å². The summed E-state index contributed by atoms with van der Waals surface area (Å²) >= 11 is 6.05. The Morgan fingerprint density at radius 2 is 1.90 bits per heavy atom. The number of nitrogens with zero attached hydrogens (tertiary/aromatic N) is 5. The van der Waals surface area contributed by atoms with E-state index in [4.69, 9.17) is 11.6 Å². The number of anilines is 2. The lowest BCUT2D eigenvalue weighted by Crippen LogP contribution is -2.42. The monoisotopic (exact) mass is 429 g/mol. The molecule has 30 heavy (non-hydrogen) atoms. The van der Waals surface area contributed by atoms with Gasteiger partial charge in [0.05, 0.1) is 12.6 Å². The van der Waals surface area contributed by atoms with Gasteiger partial charge in [-0.05, 0) is 43.9 Å². The number of aromatic nitrogens is 2. The third-order valence-electron chi connectivity index (χ3n) is 5.95. The third kappa shape index (κ3) is 4.68. The first-order chi connectivity index (χ1) is 14.7. The second kappa shape index (κ2) is 9.62. The highest BCUT2D eigenvalue weighted by Gasteiger charge is 2.25. The highest BCUT2D eigenvalue weighted by molar-refractivity contribution is 6.30. The van der Waals surface area contributed by atoms with E-state index >= 15 is 0 Å². The summed E-state index contributed by atoms with van der Waals surface area (Å²) in [6, 6.07) is 9.25. The summed E-state index contributed by atoms with van der Waals surface area (Å²) in [7, 11) is 0. The van der Waals surface area contributed by atoms with E-state index < -0.39 is 0 Å². The van der Waals surface area contributed by atoms with Gasteiger partial charge in [-0.15, -0.1) is 0 Å². The molecule has 8 heteroatoms. The molecule has 1 aromatic heterocycles. The summed E-state index contributed by atoms with van der Waals surface area (Å²) in [5.41, 5.74) is 0.625. The van der Waals surface area contributed by atoms with Crippen molar-refractivity contribution in [3.63, 3.8) is 0 Å². The lowest BCUT2D eigenvalue weighted by molar-refractivity contribution is 0.0767. The number of aliphatic hydroxyl groups excluding tert-OH is 1. The minimum Gasteiger partial charge on any atom is -0.394 e. The molecule has 0 radical (unpaired) electrons. The lowest BCUT2D eigenvalue weighted by atomic mass is 10.0. The number of hydrogen-bond donors (Lipinski definition) is 1. The fourth-order valence-electron chi connectivity index (χ4n) is 4.31. The van der Waals surface area contributed by atoms with Gasteiger partial charge in [0.2, 0.25) is 0 Å². The van der Waals surface area contributed by atoms with Crippen molar-refractivity contribution >= 4 is 29.1 Å². The molecule has 7 nitrogen and oxygen atoms in total. The lowest BCUT2D eigenvalue weighted by Gasteiger charge is -2.36. The van der Waals surface area contributed by atoms with E-state index in [0.717, 1.165) is 50.4 Å². The molecule has 1 aromatic carbocycles. The fourth-order valence-corrected chi connectivity index (χ4v) is 4.50. The first-order valence-electron chi connectivity index (χ1n) is 10.6. The molecule has 4 rings (SSSR count). The zero-order valence-electron chi connectivity index (χ0n) is 17.1. The van der Waals surface area contributed by atoms with Crippen molar-refractivity contribution in [3.05, 3.63) is 47.2 Å². The molecule has 0 aliphatic carbocycles. The summed E-state index contributed by atoms with van der Waals surface area (Å²) in [4.78, 5) is 28.1. The van der Waals surface area contributed by atoms with Crippen LogP contribution in [0.3, 0.4) is 0 Å². The Bertz CT molecular complexity index is 880. The average molecular weight is 430 g/mol. The molecule has 2 fully saturated rings. The standard InChI is InChI=1S/C22H28ClN5O2/c23-18-6-3-5-17(13-18)22(30)27-9-4-8-26(11-12-27)20-14-21(25-16-24-20)28-10-2-1-7-19(28)15-29/h3,5-6,13-14,16,19,29H,1-2,4,7-12,15H2.